The third kappa shape index (κ3) is 3.64. The Morgan fingerprint density at radius 1 is 1.13 bits per heavy atom. The van der Waals surface area contributed by atoms with Gasteiger partial charge < -0.3 is 4.74 Å². The summed E-state index contributed by atoms with van der Waals surface area (Å²) in [7, 11) is 0. The van der Waals surface area contributed by atoms with Gasteiger partial charge in [-0.05, 0) is 40.5 Å². The van der Waals surface area contributed by atoms with E-state index in [0.29, 0.717) is 12.0 Å². The molecule has 3 aromatic carbocycles. The fourth-order valence-corrected chi connectivity index (χ4v) is 5.40. The van der Waals surface area contributed by atoms with E-state index in [1.807, 2.05) is 17.1 Å². The van der Waals surface area contributed by atoms with E-state index in [1.54, 1.807) is 12.1 Å². The van der Waals surface area contributed by atoms with E-state index in [2.05, 4.69) is 69.1 Å². The molecule has 2 aliphatic rings. The molecule has 5 rings (SSSR count). The van der Waals surface area contributed by atoms with Gasteiger partial charge in [0.15, 0.2) is 0 Å². The summed E-state index contributed by atoms with van der Waals surface area (Å²) in [6, 6.07) is 18.8. The van der Waals surface area contributed by atoms with Gasteiger partial charge in [0.25, 0.3) is 5.69 Å². The monoisotopic (exact) mass is 541 g/mol. The molecule has 2 heterocycles. The minimum Gasteiger partial charge on any atom is -0.463 e. The lowest BCUT2D eigenvalue weighted by Crippen LogP contribution is -2.34. The molecule has 2 aliphatic heterocycles. The molecule has 0 saturated heterocycles. The number of halogens is 2. The van der Waals surface area contributed by atoms with Gasteiger partial charge in [0.1, 0.15) is 5.75 Å². The van der Waals surface area contributed by atoms with Crippen LogP contribution in [0.1, 0.15) is 40.9 Å². The Morgan fingerprint density at radius 3 is 2.65 bits per heavy atom. The van der Waals surface area contributed by atoms with Crippen LogP contribution in [0, 0.1) is 17.0 Å². The highest BCUT2D eigenvalue weighted by Gasteiger charge is 2.42. The number of hydrazone groups is 1. The van der Waals surface area contributed by atoms with Gasteiger partial charge in [0.05, 0.1) is 21.1 Å². The molecule has 0 amide bonds. The number of nitrogens with zero attached hydrogens (tertiary/aromatic N) is 3. The predicted octanol–water partition coefficient (Wildman–Crippen LogP) is 6.67. The van der Waals surface area contributed by atoms with Gasteiger partial charge in [-0.1, -0.05) is 57.9 Å². The Bertz CT molecular complexity index is 1230. The first kappa shape index (κ1) is 20.2. The average molecular weight is 543 g/mol. The summed E-state index contributed by atoms with van der Waals surface area (Å²) in [5.41, 5.74) is 4.96. The highest BCUT2D eigenvalue weighted by molar-refractivity contribution is 9.11. The van der Waals surface area contributed by atoms with E-state index in [4.69, 9.17) is 9.84 Å². The van der Waals surface area contributed by atoms with Crippen LogP contribution in [0.15, 0.2) is 74.7 Å². The number of fused-ring (bicyclic) bond motifs is 3. The number of nitro benzene ring substituents is 1. The topological polar surface area (TPSA) is 68.0 Å². The second-order valence-corrected chi connectivity index (χ2v) is 9.41. The normalized spacial score (nSPS) is 19.3. The van der Waals surface area contributed by atoms with Crippen molar-refractivity contribution in [3.8, 4) is 5.75 Å². The highest BCUT2D eigenvalue weighted by atomic mass is 79.9. The maximum atomic E-state index is 11.3. The maximum Gasteiger partial charge on any atom is 0.269 e. The van der Waals surface area contributed by atoms with Crippen LogP contribution in [0.5, 0.6) is 5.75 Å². The number of ether oxygens (including phenoxy) is 1. The van der Waals surface area contributed by atoms with Crippen molar-refractivity contribution in [2.75, 3.05) is 0 Å². The number of hydrogen-bond acceptors (Lipinski definition) is 5. The van der Waals surface area contributed by atoms with E-state index < -0.39 is 11.2 Å². The van der Waals surface area contributed by atoms with Crippen molar-refractivity contribution in [1.29, 1.82) is 0 Å². The van der Waals surface area contributed by atoms with Gasteiger partial charge in [-0.25, -0.2) is 5.01 Å². The predicted molar refractivity (Wildman–Crippen MR) is 125 cm³/mol. The molecule has 0 aromatic heterocycles. The van der Waals surface area contributed by atoms with Crippen LogP contribution in [0.2, 0.25) is 0 Å². The van der Waals surface area contributed by atoms with E-state index in [0.717, 1.165) is 31.5 Å². The lowest BCUT2D eigenvalue weighted by Gasteiger charge is -2.38. The maximum absolute atomic E-state index is 11.3. The van der Waals surface area contributed by atoms with Crippen LogP contribution in [0.25, 0.3) is 0 Å². The summed E-state index contributed by atoms with van der Waals surface area (Å²) in [6.07, 6.45) is 0.145. The molecule has 0 bridgehead atoms. The second-order valence-electron chi connectivity index (χ2n) is 7.64. The van der Waals surface area contributed by atoms with Gasteiger partial charge in [0, 0.05) is 34.2 Å². The Balaban J connectivity index is 1.63. The van der Waals surface area contributed by atoms with Gasteiger partial charge in [-0.3, -0.25) is 10.1 Å². The van der Waals surface area contributed by atoms with Crippen LogP contribution in [-0.2, 0) is 0 Å². The number of benzene rings is 3. The molecule has 2 atom stereocenters. The lowest BCUT2D eigenvalue weighted by atomic mass is 9.95. The molecule has 6 nitrogen and oxygen atoms in total. The Kier molecular flexibility index (Phi) is 5.06. The molecule has 0 saturated carbocycles. The summed E-state index contributed by atoms with van der Waals surface area (Å²) in [5, 5.41) is 18.2. The van der Waals surface area contributed by atoms with E-state index in [-0.39, 0.29) is 11.7 Å². The third-order valence-electron chi connectivity index (χ3n) is 5.56. The average Bonchev–Trinajstić information content (AvgIpc) is 3.19. The molecule has 3 aromatic rings. The van der Waals surface area contributed by atoms with Gasteiger partial charge in [-0.15, -0.1) is 0 Å². The fourth-order valence-electron chi connectivity index (χ4n) is 4.05. The second kappa shape index (κ2) is 7.76. The van der Waals surface area contributed by atoms with E-state index in [9.17, 15) is 10.1 Å². The molecular formula is C23H17Br2N3O3. The van der Waals surface area contributed by atoms with E-state index >= 15 is 0 Å². The quantitative estimate of drug-likeness (QED) is 0.274. The first-order valence-corrected chi connectivity index (χ1v) is 11.3. The molecule has 0 radical (unpaired) electrons. The van der Waals surface area contributed by atoms with Gasteiger partial charge >= 0.3 is 0 Å². The van der Waals surface area contributed by atoms with Crippen LogP contribution in [-0.4, -0.2) is 15.6 Å². The van der Waals surface area contributed by atoms with Crippen LogP contribution in [0.4, 0.5) is 5.69 Å². The first-order valence-electron chi connectivity index (χ1n) is 9.73. The largest absolute Gasteiger partial charge is 0.463 e. The number of hydrogen-bond donors (Lipinski definition) is 0. The summed E-state index contributed by atoms with van der Waals surface area (Å²) in [5.74, 6) is 0.737. The minimum atomic E-state index is -0.571. The lowest BCUT2D eigenvalue weighted by molar-refractivity contribution is -0.385. The van der Waals surface area contributed by atoms with Gasteiger partial charge in [0.2, 0.25) is 6.23 Å². The Hall–Kier alpha value is -2.71. The van der Waals surface area contributed by atoms with Crippen molar-refractivity contribution >= 4 is 43.3 Å². The van der Waals surface area contributed by atoms with Crippen molar-refractivity contribution in [1.82, 2.24) is 5.01 Å². The van der Waals surface area contributed by atoms with Crippen molar-refractivity contribution in [2.45, 2.75) is 25.6 Å². The highest BCUT2D eigenvalue weighted by Crippen LogP contribution is 2.51. The SMILES string of the molecule is Cc1ccc(C2=NN3C(C2)c2cc(Br)cc(Br)c2OC3c2cccc([N+](=O)[O-])c2)cc1. The van der Waals surface area contributed by atoms with Crippen molar-refractivity contribution < 1.29 is 9.66 Å². The van der Waals surface area contributed by atoms with Crippen LogP contribution >= 0.6 is 31.9 Å². The molecule has 31 heavy (non-hydrogen) atoms. The summed E-state index contributed by atoms with van der Waals surface area (Å²) < 4.78 is 8.16. The smallest absolute Gasteiger partial charge is 0.269 e. The third-order valence-corrected chi connectivity index (χ3v) is 6.61. The standard InChI is InChI=1S/C23H17Br2N3O3/c1-13-5-7-14(8-6-13)20-12-21-18-10-16(24)11-19(25)22(18)31-23(27(21)26-20)15-3-2-4-17(9-15)28(29)30/h2-11,21,23H,12H2,1H3. The van der Waals surface area contributed by atoms with Crippen molar-refractivity contribution in [3.63, 3.8) is 0 Å². The molecule has 8 heteroatoms. The summed E-state index contributed by atoms with van der Waals surface area (Å²) in [4.78, 5) is 10.9. The number of non-ortho nitro benzene ring substituents is 1. The Morgan fingerprint density at radius 2 is 1.90 bits per heavy atom. The van der Waals surface area contributed by atoms with Crippen LogP contribution in [0.3, 0.4) is 0 Å². The first-order chi connectivity index (χ1) is 14.9. The zero-order chi connectivity index (χ0) is 21.7. The molecule has 0 fully saturated rings. The van der Waals surface area contributed by atoms with Crippen LogP contribution < -0.4 is 4.74 Å². The zero-order valence-electron chi connectivity index (χ0n) is 16.5. The molecule has 2 unspecified atom stereocenters. The molecule has 0 N–H and O–H groups in total. The number of nitro groups is 1. The molecule has 0 aliphatic carbocycles. The summed E-state index contributed by atoms with van der Waals surface area (Å²) in [6.45, 7) is 2.06. The van der Waals surface area contributed by atoms with Crippen molar-refractivity contribution in [3.05, 3.63) is 102 Å². The van der Waals surface area contributed by atoms with Gasteiger partial charge in [-0.2, -0.15) is 5.10 Å². The number of rotatable bonds is 3. The zero-order valence-corrected chi connectivity index (χ0v) is 19.6. The fraction of sp³-hybridized carbons (Fsp3) is 0.174. The number of aryl methyl sites for hydroxylation is 1. The molecular weight excluding hydrogens is 526 g/mol. The minimum absolute atomic E-state index is 0.0280. The Labute approximate surface area is 195 Å². The molecule has 156 valence electrons. The van der Waals surface area contributed by atoms with Crippen molar-refractivity contribution in [2.24, 2.45) is 5.10 Å². The summed E-state index contributed by atoms with van der Waals surface area (Å²) >= 11 is 7.19. The van der Waals surface area contributed by atoms with E-state index in [1.165, 1.54) is 11.6 Å². The molecule has 0 spiro atoms.